The van der Waals surface area contributed by atoms with Crippen molar-refractivity contribution >= 4 is 11.6 Å². The van der Waals surface area contributed by atoms with Gasteiger partial charge in [-0.25, -0.2) is 4.39 Å². The second-order valence-corrected chi connectivity index (χ2v) is 4.55. The highest BCUT2D eigenvalue weighted by Gasteiger charge is 2.13. The van der Waals surface area contributed by atoms with E-state index in [0.717, 1.165) is 6.42 Å². The van der Waals surface area contributed by atoms with Gasteiger partial charge in [-0.15, -0.1) is 11.6 Å². The molecule has 0 heterocycles. The van der Waals surface area contributed by atoms with Crippen LogP contribution in [0.2, 0.25) is 0 Å². The van der Waals surface area contributed by atoms with Gasteiger partial charge >= 0.3 is 0 Å². The molecule has 0 saturated heterocycles. The Balaban J connectivity index is 2.85. The van der Waals surface area contributed by atoms with E-state index >= 15 is 0 Å². The zero-order valence-corrected chi connectivity index (χ0v) is 10.0. The molecule has 0 aliphatic rings. The molecule has 0 aliphatic heterocycles. The number of alkyl halides is 1. The van der Waals surface area contributed by atoms with Crippen molar-refractivity contribution in [3.63, 3.8) is 0 Å². The number of hydrogen-bond acceptors (Lipinski definition) is 1. The van der Waals surface area contributed by atoms with Crippen LogP contribution >= 0.6 is 11.6 Å². The van der Waals surface area contributed by atoms with Gasteiger partial charge in [0.05, 0.1) is 7.11 Å². The monoisotopic (exact) mass is 230 g/mol. The van der Waals surface area contributed by atoms with E-state index in [4.69, 9.17) is 16.3 Å². The molecule has 0 N–H and O–H groups in total. The number of halogens is 2. The molecule has 1 nitrogen and oxygen atoms in total. The van der Waals surface area contributed by atoms with E-state index in [9.17, 15) is 4.39 Å². The molecule has 0 saturated carbocycles. The normalized spacial score (nSPS) is 14.7. The average Bonchev–Trinajstić information content (AvgIpc) is 2.16. The second kappa shape index (κ2) is 5.36. The van der Waals surface area contributed by atoms with Gasteiger partial charge in [-0.2, -0.15) is 0 Å². The molecule has 1 aromatic carbocycles. The first-order chi connectivity index (χ1) is 7.04. The summed E-state index contributed by atoms with van der Waals surface area (Å²) in [5.74, 6) is 0.449. The van der Waals surface area contributed by atoms with Crippen LogP contribution in [0.25, 0.3) is 0 Å². The number of methoxy groups -OCH3 is 1. The standard InChI is InChI=1S/C12H16ClFO/c1-8(6-9(2)13)11-5-4-10(15-3)7-12(11)14/h4-5,7-9H,6H2,1-3H3. The van der Waals surface area contributed by atoms with E-state index in [1.165, 1.54) is 13.2 Å². The van der Waals surface area contributed by atoms with Gasteiger partial charge in [0.1, 0.15) is 11.6 Å². The summed E-state index contributed by atoms with van der Waals surface area (Å²) in [6.45, 7) is 3.89. The molecule has 3 heteroatoms. The topological polar surface area (TPSA) is 9.23 Å². The predicted molar refractivity (Wildman–Crippen MR) is 61.3 cm³/mol. The quantitative estimate of drug-likeness (QED) is 0.712. The van der Waals surface area contributed by atoms with Gasteiger partial charge in [0, 0.05) is 11.4 Å². The van der Waals surface area contributed by atoms with E-state index < -0.39 is 0 Å². The van der Waals surface area contributed by atoms with Crippen LogP contribution < -0.4 is 4.74 Å². The van der Waals surface area contributed by atoms with Crippen molar-refractivity contribution in [3.05, 3.63) is 29.6 Å². The highest BCUT2D eigenvalue weighted by atomic mass is 35.5. The fraction of sp³-hybridized carbons (Fsp3) is 0.500. The Morgan fingerprint density at radius 2 is 2.07 bits per heavy atom. The van der Waals surface area contributed by atoms with Crippen LogP contribution in [-0.4, -0.2) is 12.5 Å². The average molecular weight is 231 g/mol. The Labute approximate surface area is 95.2 Å². The zero-order chi connectivity index (χ0) is 11.4. The lowest BCUT2D eigenvalue weighted by Crippen LogP contribution is -2.03. The summed E-state index contributed by atoms with van der Waals surface area (Å²) in [7, 11) is 1.53. The molecule has 0 amide bonds. The minimum absolute atomic E-state index is 0.0569. The number of ether oxygens (including phenoxy) is 1. The maximum absolute atomic E-state index is 13.6. The van der Waals surface area contributed by atoms with Crippen molar-refractivity contribution in [2.75, 3.05) is 7.11 Å². The van der Waals surface area contributed by atoms with Crippen LogP contribution in [0.15, 0.2) is 18.2 Å². The third kappa shape index (κ3) is 3.38. The SMILES string of the molecule is COc1ccc(C(C)CC(C)Cl)c(F)c1. The first-order valence-corrected chi connectivity index (χ1v) is 5.45. The van der Waals surface area contributed by atoms with Gasteiger partial charge in [-0.05, 0) is 30.9 Å². The van der Waals surface area contributed by atoms with E-state index in [2.05, 4.69) is 0 Å². The van der Waals surface area contributed by atoms with Crippen molar-refractivity contribution < 1.29 is 9.13 Å². The van der Waals surface area contributed by atoms with Gasteiger partial charge in [-0.3, -0.25) is 0 Å². The summed E-state index contributed by atoms with van der Waals surface area (Å²) >= 11 is 5.89. The van der Waals surface area contributed by atoms with E-state index in [1.807, 2.05) is 13.8 Å². The molecule has 84 valence electrons. The lowest BCUT2D eigenvalue weighted by molar-refractivity contribution is 0.410. The van der Waals surface area contributed by atoms with E-state index in [0.29, 0.717) is 11.3 Å². The Morgan fingerprint density at radius 1 is 1.40 bits per heavy atom. The first kappa shape index (κ1) is 12.3. The summed E-state index contributed by atoms with van der Waals surface area (Å²) in [4.78, 5) is 0. The number of hydrogen-bond donors (Lipinski definition) is 0. The van der Waals surface area contributed by atoms with E-state index in [1.54, 1.807) is 12.1 Å². The molecule has 15 heavy (non-hydrogen) atoms. The minimum atomic E-state index is -0.223. The summed E-state index contributed by atoms with van der Waals surface area (Å²) in [6, 6.07) is 4.94. The molecule has 0 bridgehead atoms. The predicted octanol–water partition coefficient (Wildman–Crippen LogP) is 3.96. The van der Waals surface area contributed by atoms with Crippen LogP contribution in [0.5, 0.6) is 5.75 Å². The lowest BCUT2D eigenvalue weighted by Gasteiger charge is -2.14. The van der Waals surface area contributed by atoms with Crippen LogP contribution in [0.4, 0.5) is 4.39 Å². The molecule has 0 radical (unpaired) electrons. The van der Waals surface area contributed by atoms with Crippen LogP contribution in [0.3, 0.4) is 0 Å². The highest BCUT2D eigenvalue weighted by molar-refractivity contribution is 6.20. The van der Waals surface area contributed by atoms with Crippen LogP contribution in [0.1, 0.15) is 31.7 Å². The van der Waals surface area contributed by atoms with Gasteiger partial charge in [0.25, 0.3) is 0 Å². The lowest BCUT2D eigenvalue weighted by atomic mass is 9.96. The van der Waals surface area contributed by atoms with Crippen molar-refractivity contribution in [1.29, 1.82) is 0 Å². The van der Waals surface area contributed by atoms with Crippen molar-refractivity contribution in [2.45, 2.75) is 31.6 Å². The minimum Gasteiger partial charge on any atom is -0.497 e. The molecule has 0 aliphatic carbocycles. The molecular formula is C12H16ClFO. The molecule has 2 atom stereocenters. The maximum atomic E-state index is 13.6. The Hall–Kier alpha value is -0.760. The molecular weight excluding hydrogens is 215 g/mol. The summed E-state index contributed by atoms with van der Waals surface area (Å²) in [5.41, 5.74) is 0.698. The van der Waals surface area contributed by atoms with Crippen LogP contribution in [0, 0.1) is 5.82 Å². The van der Waals surface area contributed by atoms with E-state index in [-0.39, 0.29) is 17.1 Å². The molecule has 0 fully saturated rings. The third-order valence-corrected chi connectivity index (χ3v) is 2.60. The molecule has 0 aromatic heterocycles. The molecule has 2 unspecified atom stereocenters. The summed E-state index contributed by atoms with van der Waals surface area (Å²) in [5, 5.41) is 0.0569. The number of benzene rings is 1. The third-order valence-electron chi connectivity index (χ3n) is 2.42. The maximum Gasteiger partial charge on any atom is 0.130 e. The molecule has 1 aromatic rings. The molecule has 0 spiro atoms. The highest BCUT2D eigenvalue weighted by Crippen LogP contribution is 2.27. The fourth-order valence-corrected chi connectivity index (χ4v) is 1.92. The second-order valence-electron chi connectivity index (χ2n) is 3.80. The first-order valence-electron chi connectivity index (χ1n) is 5.02. The fourth-order valence-electron chi connectivity index (χ4n) is 1.65. The number of rotatable bonds is 4. The van der Waals surface area contributed by atoms with Gasteiger partial charge in [0.15, 0.2) is 0 Å². The largest absolute Gasteiger partial charge is 0.497 e. The van der Waals surface area contributed by atoms with Gasteiger partial charge < -0.3 is 4.74 Å². The summed E-state index contributed by atoms with van der Waals surface area (Å²) < 4.78 is 18.6. The van der Waals surface area contributed by atoms with Gasteiger partial charge in [0.2, 0.25) is 0 Å². The van der Waals surface area contributed by atoms with Crippen molar-refractivity contribution in [3.8, 4) is 5.75 Å². The zero-order valence-electron chi connectivity index (χ0n) is 9.26. The smallest absolute Gasteiger partial charge is 0.130 e. The van der Waals surface area contributed by atoms with Crippen LogP contribution in [-0.2, 0) is 0 Å². The molecule has 1 rings (SSSR count). The summed E-state index contributed by atoms with van der Waals surface area (Å²) in [6.07, 6.45) is 0.769. The Kier molecular flexibility index (Phi) is 4.40. The Morgan fingerprint density at radius 3 is 2.53 bits per heavy atom. The van der Waals surface area contributed by atoms with Crippen molar-refractivity contribution in [1.82, 2.24) is 0 Å². The Bertz CT molecular complexity index is 325. The van der Waals surface area contributed by atoms with Gasteiger partial charge in [-0.1, -0.05) is 13.0 Å². The van der Waals surface area contributed by atoms with Crippen molar-refractivity contribution in [2.24, 2.45) is 0 Å².